The second kappa shape index (κ2) is 9.15. The first-order valence-electron chi connectivity index (χ1n) is 10.0. The smallest absolute Gasteiger partial charge is 0.409 e. The Bertz CT molecular complexity index is 984. The van der Waals surface area contributed by atoms with Crippen molar-refractivity contribution in [2.45, 2.75) is 6.10 Å². The Kier molecular flexibility index (Phi) is 6.15. The van der Waals surface area contributed by atoms with E-state index in [1.54, 1.807) is 11.1 Å². The number of amides is 1. The van der Waals surface area contributed by atoms with Crippen molar-refractivity contribution in [3.8, 4) is 16.9 Å². The van der Waals surface area contributed by atoms with Gasteiger partial charge in [-0.1, -0.05) is 18.2 Å². The van der Waals surface area contributed by atoms with Crippen molar-refractivity contribution in [2.24, 2.45) is 0 Å². The number of nitrogens with zero attached hydrogens (tertiary/aromatic N) is 3. The summed E-state index contributed by atoms with van der Waals surface area (Å²) in [6.45, 7) is 3.35. The lowest BCUT2D eigenvalue weighted by Gasteiger charge is -2.34. The number of nitrogens with one attached hydrogen (secondary N) is 1. The van der Waals surface area contributed by atoms with Gasteiger partial charge in [-0.25, -0.2) is 4.79 Å². The van der Waals surface area contributed by atoms with Crippen LogP contribution in [0.1, 0.15) is 0 Å². The number of fused-ring (bicyclic) bond motifs is 1. The molecule has 30 heavy (non-hydrogen) atoms. The Labute approximate surface area is 175 Å². The Hall–Kier alpha value is -3.10. The summed E-state index contributed by atoms with van der Waals surface area (Å²) >= 11 is 0. The fourth-order valence-electron chi connectivity index (χ4n) is 3.69. The zero-order chi connectivity index (χ0) is 20.9. The summed E-state index contributed by atoms with van der Waals surface area (Å²) in [5.41, 5.74) is 2.15. The van der Waals surface area contributed by atoms with Crippen molar-refractivity contribution in [3.63, 3.8) is 0 Å². The van der Waals surface area contributed by atoms with Gasteiger partial charge in [0, 0.05) is 44.5 Å². The van der Waals surface area contributed by atoms with Crippen molar-refractivity contribution >= 4 is 16.9 Å². The minimum atomic E-state index is -0.603. The van der Waals surface area contributed by atoms with E-state index in [9.17, 15) is 9.90 Å². The SMILES string of the molecule is COC(=O)N1CCN(CC(O)COc2ccc3cc(-c4cn[nH]c4)ccc3c2)CC1. The molecule has 1 atom stereocenters. The lowest BCUT2D eigenvalue weighted by molar-refractivity contribution is 0.0435. The minimum absolute atomic E-state index is 0.218. The monoisotopic (exact) mass is 410 g/mol. The third kappa shape index (κ3) is 4.72. The molecule has 1 aliphatic heterocycles. The van der Waals surface area contributed by atoms with Crippen LogP contribution in [0.2, 0.25) is 0 Å². The van der Waals surface area contributed by atoms with Crippen molar-refractivity contribution in [1.29, 1.82) is 0 Å². The van der Waals surface area contributed by atoms with Crippen LogP contribution in [0.4, 0.5) is 4.79 Å². The second-order valence-electron chi connectivity index (χ2n) is 7.43. The maximum atomic E-state index is 11.5. The Morgan fingerprint density at radius 2 is 1.90 bits per heavy atom. The van der Waals surface area contributed by atoms with Crippen LogP contribution in [0.5, 0.6) is 5.75 Å². The van der Waals surface area contributed by atoms with E-state index < -0.39 is 6.10 Å². The highest BCUT2D eigenvalue weighted by Crippen LogP contribution is 2.26. The van der Waals surface area contributed by atoms with E-state index in [1.807, 2.05) is 24.4 Å². The summed E-state index contributed by atoms with van der Waals surface area (Å²) in [6.07, 6.45) is 2.77. The molecular weight excluding hydrogens is 384 g/mol. The lowest BCUT2D eigenvalue weighted by atomic mass is 10.0. The van der Waals surface area contributed by atoms with E-state index in [0.717, 1.165) is 27.6 Å². The van der Waals surface area contributed by atoms with Gasteiger partial charge in [-0.05, 0) is 34.5 Å². The molecule has 158 valence electrons. The predicted molar refractivity (Wildman–Crippen MR) is 113 cm³/mol. The number of β-amino-alcohol motifs (C(OH)–C–C–N with tert-alkyl or cyclic N) is 1. The van der Waals surface area contributed by atoms with Crippen LogP contribution >= 0.6 is 0 Å². The van der Waals surface area contributed by atoms with E-state index in [2.05, 4.69) is 33.3 Å². The molecule has 8 heteroatoms. The minimum Gasteiger partial charge on any atom is -0.491 e. The molecule has 1 amide bonds. The van der Waals surface area contributed by atoms with Crippen LogP contribution in [-0.4, -0.2) is 83.7 Å². The van der Waals surface area contributed by atoms with Crippen molar-refractivity contribution in [2.75, 3.05) is 46.4 Å². The number of hydrogen-bond acceptors (Lipinski definition) is 6. The Morgan fingerprint density at radius 3 is 2.63 bits per heavy atom. The third-order valence-electron chi connectivity index (χ3n) is 5.36. The van der Waals surface area contributed by atoms with Gasteiger partial charge in [0.2, 0.25) is 0 Å². The Balaban J connectivity index is 1.29. The molecule has 2 heterocycles. The molecular formula is C22H26N4O4. The molecule has 1 saturated heterocycles. The van der Waals surface area contributed by atoms with Crippen LogP contribution in [0.15, 0.2) is 48.8 Å². The average Bonchev–Trinajstić information content (AvgIpc) is 3.32. The number of aliphatic hydroxyl groups is 1. The molecule has 1 unspecified atom stereocenters. The maximum absolute atomic E-state index is 11.5. The molecule has 4 rings (SSSR count). The van der Waals surface area contributed by atoms with Gasteiger partial charge < -0.3 is 19.5 Å². The first-order chi connectivity index (χ1) is 14.6. The average molecular weight is 410 g/mol. The molecule has 0 radical (unpaired) electrons. The second-order valence-corrected chi connectivity index (χ2v) is 7.43. The summed E-state index contributed by atoms with van der Waals surface area (Å²) < 4.78 is 10.6. The van der Waals surface area contributed by atoms with Gasteiger partial charge in [0.1, 0.15) is 18.5 Å². The molecule has 2 N–H and O–H groups in total. The van der Waals surface area contributed by atoms with E-state index in [-0.39, 0.29) is 12.7 Å². The van der Waals surface area contributed by atoms with Gasteiger partial charge in [-0.3, -0.25) is 10.00 Å². The van der Waals surface area contributed by atoms with Gasteiger partial charge in [-0.15, -0.1) is 0 Å². The van der Waals surface area contributed by atoms with Crippen LogP contribution in [-0.2, 0) is 4.74 Å². The summed E-state index contributed by atoms with van der Waals surface area (Å²) in [4.78, 5) is 15.3. The number of ether oxygens (including phenoxy) is 2. The summed E-state index contributed by atoms with van der Waals surface area (Å²) in [7, 11) is 1.39. The van der Waals surface area contributed by atoms with Crippen LogP contribution in [0, 0.1) is 0 Å². The van der Waals surface area contributed by atoms with Gasteiger partial charge >= 0.3 is 6.09 Å². The van der Waals surface area contributed by atoms with Crippen molar-refractivity contribution < 1.29 is 19.4 Å². The number of methoxy groups -OCH3 is 1. The zero-order valence-corrected chi connectivity index (χ0v) is 17.0. The van der Waals surface area contributed by atoms with E-state index in [0.29, 0.717) is 32.7 Å². The number of aromatic nitrogens is 2. The topological polar surface area (TPSA) is 90.9 Å². The van der Waals surface area contributed by atoms with Gasteiger partial charge in [0.25, 0.3) is 0 Å². The number of aliphatic hydroxyl groups excluding tert-OH is 1. The predicted octanol–water partition coefficient (Wildman–Crippen LogP) is 2.35. The van der Waals surface area contributed by atoms with Crippen LogP contribution in [0.3, 0.4) is 0 Å². The molecule has 1 aliphatic rings. The quantitative estimate of drug-likeness (QED) is 0.648. The highest BCUT2D eigenvalue weighted by molar-refractivity contribution is 5.88. The fraction of sp³-hybridized carbons (Fsp3) is 0.364. The molecule has 1 aromatic heterocycles. The van der Waals surface area contributed by atoms with Gasteiger partial charge in [0.05, 0.1) is 13.3 Å². The lowest BCUT2D eigenvalue weighted by Crippen LogP contribution is -2.50. The number of benzene rings is 2. The Morgan fingerprint density at radius 1 is 1.13 bits per heavy atom. The van der Waals surface area contributed by atoms with Crippen LogP contribution in [0.25, 0.3) is 21.9 Å². The fourth-order valence-corrected chi connectivity index (χ4v) is 3.69. The molecule has 3 aromatic rings. The van der Waals surface area contributed by atoms with E-state index in [1.165, 1.54) is 7.11 Å². The molecule has 0 bridgehead atoms. The van der Waals surface area contributed by atoms with E-state index >= 15 is 0 Å². The molecule has 0 aliphatic carbocycles. The number of aromatic amines is 1. The molecule has 0 saturated carbocycles. The van der Waals surface area contributed by atoms with Gasteiger partial charge in [0.15, 0.2) is 0 Å². The molecule has 8 nitrogen and oxygen atoms in total. The van der Waals surface area contributed by atoms with E-state index in [4.69, 9.17) is 9.47 Å². The number of piperazine rings is 1. The normalized spacial score (nSPS) is 15.9. The highest BCUT2D eigenvalue weighted by Gasteiger charge is 2.23. The standard InChI is InChI=1S/C22H26N4O4/c1-29-22(28)26-8-6-25(7-9-26)14-20(27)15-30-21-5-4-16-10-17(2-3-18(16)11-21)19-12-23-24-13-19/h2-5,10-13,20,27H,6-9,14-15H2,1H3,(H,23,24). The zero-order valence-electron chi connectivity index (χ0n) is 17.0. The van der Waals surface area contributed by atoms with Crippen molar-refractivity contribution in [1.82, 2.24) is 20.0 Å². The number of H-pyrrole nitrogens is 1. The summed E-state index contributed by atoms with van der Waals surface area (Å²) in [6, 6.07) is 12.2. The third-order valence-corrected chi connectivity index (χ3v) is 5.36. The first kappa shape index (κ1) is 20.2. The highest BCUT2D eigenvalue weighted by atomic mass is 16.5. The maximum Gasteiger partial charge on any atom is 0.409 e. The van der Waals surface area contributed by atoms with Gasteiger partial charge in [-0.2, -0.15) is 5.10 Å². The number of carbonyl (C=O) groups is 1. The number of hydrogen-bond donors (Lipinski definition) is 2. The number of rotatable bonds is 6. The summed E-state index contributed by atoms with van der Waals surface area (Å²) in [5, 5.41) is 19.4. The number of carbonyl (C=O) groups excluding carboxylic acids is 1. The largest absolute Gasteiger partial charge is 0.491 e. The summed E-state index contributed by atoms with van der Waals surface area (Å²) in [5.74, 6) is 0.730. The molecule has 0 spiro atoms. The van der Waals surface area contributed by atoms with Crippen LogP contribution < -0.4 is 4.74 Å². The first-order valence-corrected chi connectivity index (χ1v) is 10.0. The molecule has 2 aromatic carbocycles. The van der Waals surface area contributed by atoms with Crippen molar-refractivity contribution in [3.05, 3.63) is 48.8 Å². The molecule has 1 fully saturated rings.